The van der Waals surface area contributed by atoms with Gasteiger partial charge in [-0.15, -0.1) is 0 Å². The van der Waals surface area contributed by atoms with Crippen molar-refractivity contribution in [1.82, 2.24) is 5.32 Å². The minimum absolute atomic E-state index is 0.0945. The Balaban J connectivity index is 2.97. The summed E-state index contributed by atoms with van der Waals surface area (Å²) < 4.78 is 24.0. The highest BCUT2D eigenvalue weighted by Gasteiger charge is 2.35. The van der Waals surface area contributed by atoms with Crippen molar-refractivity contribution < 1.29 is 28.5 Å². The van der Waals surface area contributed by atoms with Crippen molar-refractivity contribution in [1.29, 1.82) is 0 Å². The third-order valence-corrected chi connectivity index (χ3v) is 6.76. The lowest BCUT2D eigenvalue weighted by Crippen LogP contribution is -2.47. The van der Waals surface area contributed by atoms with Crippen molar-refractivity contribution >= 4 is 11.9 Å². The monoisotopic (exact) mass is 513 g/mol. The second kappa shape index (κ2) is 13.1. The number of esters is 2. The van der Waals surface area contributed by atoms with Crippen LogP contribution in [-0.2, 0) is 28.5 Å². The molecule has 0 bridgehead atoms. The molecule has 0 aromatic heterocycles. The van der Waals surface area contributed by atoms with Crippen molar-refractivity contribution in [2.24, 2.45) is 0 Å². The van der Waals surface area contributed by atoms with E-state index >= 15 is 0 Å². The minimum atomic E-state index is -0.767. The van der Waals surface area contributed by atoms with Crippen LogP contribution in [-0.4, -0.2) is 59.1 Å². The fourth-order valence-electron chi connectivity index (χ4n) is 4.83. The number of ether oxygens (including phenoxy) is 4. The molecule has 0 aliphatic carbocycles. The molecular weight excluding hydrogens is 458 g/mol. The van der Waals surface area contributed by atoms with E-state index in [1.165, 1.54) is 0 Å². The molecule has 0 aromatic carbocycles. The quantitative estimate of drug-likeness (QED) is 0.423. The molecule has 1 aliphatic rings. The molecule has 1 N–H and O–H groups in total. The molecule has 0 saturated carbocycles. The molecule has 1 aliphatic heterocycles. The molecule has 0 spiro atoms. The molecule has 1 atom stereocenters. The van der Waals surface area contributed by atoms with E-state index in [1.807, 2.05) is 55.4 Å². The maximum absolute atomic E-state index is 12.6. The van der Waals surface area contributed by atoms with Gasteiger partial charge in [0.1, 0.15) is 11.2 Å². The van der Waals surface area contributed by atoms with E-state index in [-0.39, 0.29) is 30.3 Å². The summed E-state index contributed by atoms with van der Waals surface area (Å²) >= 11 is 0. The van der Waals surface area contributed by atoms with Gasteiger partial charge in [-0.3, -0.25) is 9.59 Å². The molecule has 212 valence electrons. The zero-order chi connectivity index (χ0) is 27.8. The number of nitrogens with one attached hydrogen (secondary N) is 1. The van der Waals surface area contributed by atoms with Crippen LogP contribution >= 0.6 is 0 Å². The van der Waals surface area contributed by atoms with Gasteiger partial charge in [-0.2, -0.15) is 0 Å². The first-order valence-electron chi connectivity index (χ1n) is 13.7. The fraction of sp³-hybridized carbons (Fsp3) is 0.931. The standard InChI is InChI=1S/C29H55NO6/c1-12-22-15-19-33-26(4,5)16-13-23(31)35-28(8,9)21-29(10,11)36-24(32)14-17-27(6,7)34-20-18-25(2,3)30-22/h22,30H,12-21H2,1-11H3. The Hall–Kier alpha value is -1.18. The largest absolute Gasteiger partial charge is 0.459 e. The molecule has 36 heavy (non-hydrogen) atoms. The highest BCUT2D eigenvalue weighted by molar-refractivity contribution is 5.70. The van der Waals surface area contributed by atoms with Crippen LogP contribution in [0.15, 0.2) is 0 Å². The maximum Gasteiger partial charge on any atom is 0.306 e. The molecule has 1 heterocycles. The van der Waals surface area contributed by atoms with Crippen LogP contribution in [0.1, 0.15) is 128 Å². The van der Waals surface area contributed by atoms with Gasteiger partial charge in [0.25, 0.3) is 0 Å². The van der Waals surface area contributed by atoms with Crippen LogP contribution in [0.2, 0.25) is 0 Å². The summed E-state index contributed by atoms with van der Waals surface area (Å²) in [6.07, 6.45) is 4.83. The van der Waals surface area contributed by atoms with Crippen LogP contribution < -0.4 is 5.32 Å². The van der Waals surface area contributed by atoms with Gasteiger partial charge in [0.15, 0.2) is 0 Å². The molecule has 1 fully saturated rings. The lowest BCUT2D eigenvalue weighted by Gasteiger charge is -2.36. The minimum Gasteiger partial charge on any atom is -0.459 e. The molecule has 1 rings (SSSR count). The summed E-state index contributed by atoms with van der Waals surface area (Å²) in [6, 6.07) is 0.325. The zero-order valence-corrected chi connectivity index (χ0v) is 25.1. The summed E-state index contributed by atoms with van der Waals surface area (Å²) in [4.78, 5) is 25.3. The topological polar surface area (TPSA) is 83.1 Å². The lowest BCUT2D eigenvalue weighted by molar-refractivity contribution is -0.172. The predicted octanol–water partition coefficient (Wildman–Crippen LogP) is 6.11. The molecule has 1 saturated heterocycles. The average Bonchev–Trinajstić information content (AvgIpc) is 2.67. The van der Waals surface area contributed by atoms with E-state index in [9.17, 15) is 9.59 Å². The number of cyclic esters (lactones) is 2. The molecule has 0 amide bonds. The Bertz CT molecular complexity index is 711. The van der Waals surface area contributed by atoms with Crippen LogP contribution in [0.3, 0.4) is 0 Å². The second-order valence-electron chi connectivity index (χ2n) is 13.5. The normalized spacial score (nSPS) is 28.6. The second-order valence-corrected chi connectivity index (χ2v) is 13.5. The molecule has 0 aromatic rings. The van der Waals surface area contributed by atoms with E-state index in [2.05, 4.69) is 26.1 Å². The predicted molar refractivity (Wildman–Crippen MR) is 144 cm³/mol. The van der Waals surface area contributed by atoms with Crippen molar-refractivity contribution in [3.05, 3.63) is 0 Å². The highest BCUT2D eigenvalue weighted by Crippen LogP contribution is 2.29. The Morgan fingerprint density at radius 1 is 0.694 bits per heavy atom. The third-order valence-electron chi connectivity index (χ3n) is 6.76. The summed E-state index contributed by atoms with van der Waals surface area (Å²) in [5, 5.41) is 3.76. The Kier molecular flexibility index (Phi) is 11.9. The number of carbonyl (C=O) groups excluding carboxylic acids is 2. The van der Waals surface area contributed by atoms with Crippen molar-refractivity contribution in [3.8, 4) is 0 Å². The van der Waals surface area contributed by atoms with Gasteiger partial charge in [0, 0.05) is 44.1 Å². The average molecular weight is 514 g/mol. The summed E-state index contributed by atoms with van der Waals surface area (Å²) in [5.74, 6) is -0.540. The van der Waals surface area contributed by atoms with Gasteiger partial charge < -0.3 is 24.3 Å². The number of carbonyl (C=O) groups is 2. The van der Waals surface area contributed by atoms with Gasteiger partial charge in [-0.05, 0) is 101 Å². The molecule has 7 nitrogen and oxygen atoms in total. The van der Waals surface area contributed by atoms with Crippen LogP contribution in [0.5, 0.6) is 0 Å². The maximum atomic E-state index is 12.6. The van der Waals surface area contributed by atoms with Gasteiger partial charge in [0.05, 0.1) is 11.2 Å². The first-order valence-corrected chi connectivity index (χ1v) is 13.7. The van der Waals surface area contributed by atoms with E-state index in [0.29, 0.717) is 38.5 Å². The van der Waals surface area contributed by atoms with Gasteiger partial charge in [-0.25, -0.2) is 0 Å². The number of rotatable bonds is 1. The molecule has 7 heteroatoms. The Morgan fingerprint density at radius 2 is 1.14 bits per heavy atom. The van der Waals surface area contributed by atoms with Gasteiger partial charge >= 0.3 is 11.9 Å². The Morgan fingerprint density at radius 3 is 1.58 bits per heavy atom. The van der Waals surface area contributed by atoms with Crippen molar-refractivity contribution in [2.75, 3.05) is 13.2 Å². The van der Waals surface area contributed by atoms with E-state index in [4.69, 9.17) is 18.9 Å². The van der Waals surface area contributed by atoms with Gasteiger partial charge in [0.2, 0.25) is 0 Å². The first kappa shape index (κ1) is 32.8. The summed E-state index contributed by atoms with van der Waals surface area (Å²) in [5.41, 5.74) is -2.49. The van der Waals surface area contributed by atoms with Crippen molar-refractivity contribution in [3.63, 3.8) is 0 Å². The molecule has 1 unspecified atom stereocenters. The SMILES string of the molecule is CCC1CCOC(C)(C)CCC(=O)OC(C)(C)CC(C)(C)OC(=O)CCC(C)(C)OCCC(C)(C)N1. The van der Waals surface area contributed by atoms with Gasteiger partial charge in [-0.1, -0.05) is 6.92 Å². The van der Waals surface area contributed by atoms with E-state index in [0.717, 1.165) is 19.3 Å². The Labute approximate surface area is 220 Å². The van der Waals surface area contributed by atoms with Crippen LogP contribution in [0.4, 0.5) is 0 Å². The van der Waals surface area contributed by atoms with E-state index in [1.54, 1.807) is 0 Å². The summed E-state index contributed by atoms with van der Waals surface area (Å²) in [7, 11) is 0. The van der Waals surface area contributed by atoms with E-state index < -0.39 is 22.4 Å². The zero-order valence-electron chi connectivity index (χ0n) is 25.1. The fourth-order valence-corrected chi connectivity index (χ4v) is 4.83. The van der Waals surface area contributed by atoms with Crippen LogP contribution in [0.25, 0.3) is 0 Å². The van der Waals surface area contributed by atoms with Crippen molar-refractivity contribution in [2.45, 2.75) is 162 Å². The molecular formula is C29H55NO6. The number of hydrogen-bond donors (Lipinski definition) is 1. The van der Waals surface area contributed by atoms with Crippen LogP contribution in [0, 0.1) is 0 Å². The third kappa shape index (κ3) is 13.9. The first-order chi connectivity index (χ1) is 16.3. The smallest absolute Gasteiger partial charge is 0.306 e. The summed E-state index contributed by atoms with van der Waals surface area (Å²) in [6.45, 7) is 23.3. The molecule has 0 radical (unpaired) electrons. The number of hydrogen-bond acceptors (Lipinski definition) is 7. The lowest BCUT2D eigenvalue weighted by atomic mass is 9.91. The highest BCUT2D eigenvalue weighted by atomic mass is 16.6.